The lowest BCUT2D eigenvalue weighted by molar-refractivity contribution is 0.409. The van der Waals surface area contributed by atoms with Gasteiger partial charge in [-0.3, -0.25) is 5.32 Å². The predicted octanol–water partition coefficient (Wildman–Crippen LogP) is 11.2. The van der Waals surface area contributed by atoms with E-state index in [1.807, 2.05) is 11.3 Å². The van der Waals surface area contributed by atoms with E-state index in [0.29, 0.717) is 0 Å². The molecule has 0 fully saturated rings. The summed E-state index contributed by atoms with van der Waals surface area (Å²) in [7, 11) is 0. The molecular weight excluding hydrogens is 629 g/mol. The van der Waals surface area contributed by atoms with Gasteiger partial charge in [0.05, 0.1) is 11.0 Å². The molecule has 0 amide bonds. The zero-order valence-electron chi connectivity index (χ0n) is 27.1. The number of fused-ring (bicyclic) bond motifs is 6. The van der Waals surface area contributed by atoms with Gasteiger partial charge in [-0.1, -0.05) is 121 Å². The monoisotopic (exact) mass is 660 g/mol. The van der Waals surface area contributed by atoms with Crippen LogP contribution in [0.4, 0.5) is 0 Å². The van der Waals surface area contributed by atoms with Crippen molar-refractivity contribution in [3.63, 3.8) is 0 Å². The van der Waals surface area contributed by atoms with E-state index in [1.165, 1.54) is 64.4 Å². The fraction of sp³-hybridized carbons (Fsp3) is 0.0444. The Kier molecular flexibility index (Phi) is 6.86. The molecule has 50 heavy (non-hydrogen) atoms. The standard InChI is InChI=1S/C45H32N4S/c1-4-13-29(14-5-1)43-46-44(30-15-6-2-7-16-30)48-45(47-43)36-21-12-20-35-38-28-32(24-26-41(38)50-42(35)36)31-23-25-40-37(27-31)34-19-10-11-22-39(34)49(40)33-17-8-3-9-18-33/h1-28,43-44,46H,(H,47,48). The molecule has 1 aliphatic heterocycles. The topological polar surface area (TPSA) is 41.4 Å². The number of hydrogen-bond donors (Lipinski definition) is 2. The van der Waals surface area contributed by atoms with Gasteiger partial charge in [0.2, 0.25) is 0 Å². The molecule has 2 atom stereocenters. The van der Waals surface area contributed by atoms with Gasteiger partial charge in [-0.25, -0.2) is 4.99 Å². The summed E-state index contributed by atoms with van der Waals surface area (Å²) in [6, 6.07) is 60.9. The molecule has 238 valence electrons. The Morgan fingerprint density at radius 1 is 0.520 bits per heavy atom. The zero-order valence-corrected chi connectivity index (χ0v) is 27.9. The van der Waals surface area contributed by atoms with E-state index in [0.717, 1.165) is 17.0 Å². The summed E-state index contributed by atoms with van der Waals surface area (Å²) in [5.74, 6) is 0.907. The number of nitrogens with one attached hydrogen (secondary N) is 2. The highest BCUT2D eigenvalue weighted by atomic mass is 32.1. The maximum atomic E-state index is 5.26. The molecule has 1 aliphatic rings. The van der Waals surface area contributed by atoms with E-state index >= 15 is 0 Å². The van der Waals surface area contributed by atoms with Crippen molar-refractivity contribution in [2.24, 2.45) is 4.99 Å². The van der Waals surface area contributed by atoms with Gasteiger partial charge >= 0.3 is 0 Å². The smallest absolute Gasteiger partial charge is 0.133 e. The molecule has 0 saturated carbocycles. The first-order valence-electron chi connectivity index (χ1n) is 17.0. The molecular formula is C45H32N4S. The van der Waals surface area contributed by atoms with Crippen LogP contribution in [0.3, 0.4) is 0 Å². The van der Waals surface area contributed by atoms with E-state index in [2.05, 4.69) is 185 Å². The number of rotatable bonds is 5. The van der Waals surface area contributed by atoms with Gasteiger partial charge in [-0.2, -0.15) is 0 Å². The van der Waals surface area contributed by atoms with Crippen LogP contribution in [0.25, 0.3) is 58.8 Å². The van der Waals surface area contributed by atoms with Crippen molar-refractivity contribution < 1.29 is 0 Å². The molecule has 2 N–H and O–H groups in total. The molecule has 0 aliphatic carbocycles. The Labute approximate surface area is 294 Å². The summed E-state index contributed by atoms with van der Waals surface area (Å²) in [4.78, 5) is 5.26. The second kappa shape index (κ2) is 11.8. The van der Waals surface area contributed by atoms with Gasteiger partial charge in [0.15, 0.2) is 0 Å². The molecule has 0 saturated heterocycles. The molecule has 2 unspecified atom stereocenters. The van der Waals surface area contributed by atoms with E-state index in [4.69, 9.17) is 4.99 Å². The summed E-state index contributed by atoms with van der Waals surface area (Å²) in [5, 5.41) is 12.5. The third-order valence-corrected chi connectivity index (χ3v) is 11.1. The van der Waals surface area contributed by atoms with Crippen molar-refractivity contribution in [2.75, 3.05) is 0 Å². The van der Waals surface area contributed by atoms with E-state index in [9.17, 15) is 0 Å². The lowest BCUT2D eigenvalue weighted by atomic mass is 10.00. The SMILES string of the molecule is c1ccc(C2N=C(c3cccc4c3sc3ccc(-c5ccc6c(c5)c5ccccc5n6-c5ccccc5)cc34)NC(c3ccccc3)N2)cc1. The molecule has 0 spiro atoms. The van der Waals surface area contributed by atoms with Gasteiger partial charge in [0.1, 0.15) is 18.2 Å². The highest BCUT2D eigenvalue weighted by Crippen LogP contribution is 2.40. The Morgan fingerprint density at radius 2 is 1.16 bits per heavy atom. The minimum Gasteiger partial charge on any atom is -0.350 e. The van der Waals surface area contributed by atoms with Crippen molar-refractivity contribution in [3.05, 3.63) is 187 Å². The van der Waals surface area contributed by atoms with Gasteiger partial charge < -0.3 is 9.88 Å². The van der Waals surface area contributed by atoms with Crippen LogP contribution < -0.4 is 10.6 Å². The highest BCUT2D eigenvalue weighted by Gasteiger charge is 2.26. The molecule has 0 bridgehead atoms. The maximum absolute atomic E-state index is 5.26. The number of benzene rings is 7. The molecule has 10 rings (SSSR count). The molecule has 5 heteroatoms. The van der Waals surface area contributed by atoms with Crippen LogP contribution in [0, 0.1) is 0 Å². The molecule has 7 aromatic carbocycles. The number of nitrogens with zero attached hydrogens (tertiary/aromatic N) is 2. The van der Waals surface area contributed by atoms with E-state index in [-0.39, 0.29) is 12.3 Å². The van der Waals surface area contributed by atoms with Gasteiger partial charge in [0.25, 0.3) is 0 Å². The number of thiophene rings is 1. The van der Waals surface area contributed by atoms with E-state index in [1.54, 1.807) is 0 Å². The zero-order chi connectivity index (χ0) is 33.0. The minimum atomic E-state index is -0.170. The second-order valence-electron chi connectivity index (χ2n) is 12.9. The lowest BCUT2D eigenvalue weighted by Gasteiger charge is -2.32. The van der Waals surface area contributed by atoms with Crippen LogP contribution in [0.1, 0.15) is 29.0 Å². The van der Waals surface area contributed by atoms with Crippen molar-refractivity contribution in [2.45, 2.75) is 12.3 Å². The van der Waals surface area contributed by atoms with Crippen molar-refractivity contribution >= 4 is 59.2 Å². The Morgan fingerprint density at radius 3 is 1.96 bits per heavy atom. The molecule has 2 aromatic heterocycles. The largest absolute Gasteiger partial charge is 0.350 e. The average Bonchev–Trinajstić information content (AvgIpc) is 3.74. The predicted molar refractivity (Wildman–Crippen MR) is 210 cm³/mol. The van der Waals surface area contributed by atoms with E-state index < -0.39 is 0 Å². The second-order valence-corrected chi connectivity index (χ2v) is 13.9. The van der Waals surface area contributed by atoms with Crippen LogP contribution in [0.5, 0.6) is 0 Å². The summed E-state index contributed by atoms with van der Waals surface area (Å²) in [5.41, 5.74) is 9.48. The Hall–Kier alpha value is -6.01. The highest BCUT2D eigenvalue weighted by molar-refractivity contribution is 7.26. The first-order chi connectivity index (χ1) is 24.8. The maximum Gasteiger partial charge on any atom is 0.133 e. The number of para-hydroxylation sites is 2. The third-order valence-electron chi connectivity index (χ3n) is 9.88. The quantitative estimate of drug-likeness (QED) is 0.193. The lowest BCUT2D eigenvalue weighted by Crippen LogP contribution is -2.44. The number of aromatic nitrogens is 1. The molecule has 0 radical (unpaired) electrons. The number of aliphatic imine (C=N–C) groups is 1. The summed E-state index contributed by atoms with van der Waals surface area (Å²) in [6.45, 7) is 0. The average molecular weight is 661 g/mol. The fourth-order valence-electron chi connectivity index (χ4n) is 7.49. The summed E-state index contributed by atoms with van der Waals surface area (Å²) in [6.07, 6.45) is -0.246. The van der Waals surface area contributed by atoms with Gasteiger partial charge in [-0.05, 0) is 70.8 Å². The van der Waals surface area contributed by atoms with Crippen LogP contribution >= 0.6 is 11.3 Å². The first kappa shape index (κ1) is 29.0. The normalized spacial score (nSPS) is 16.2. The first-order valence-corrected chi connectivity index (χ1v) is 17.9. The molecule has 9 aromatic rings. The van der Waals surface area contributed by atoms with Crippen molar-refractivity contribution in [1.29, 1.82) is 0 Å². The van der Waals surface area contributed by atoms with Gasteiger partial charge in [-0.15, -0.1) is 11.3 Å². The number of hydrogen-bond acceptors (Lipinski definition) is 4. The number of amidine groups is 1. The fourth-order valence-corrected chi connectivity index (χ4v) is 8.69. The molecule has 3 heterocycles. The molecule has 4 nitrogen and oxygen atoms in total. The van der Waals surface area contributed by atoms with Crippen LogP contribution in [-0.4, -0.2) is 10.4 Å². The Bertz CT molecular complexity index is 2710. The van der Waals surface area contributed by atoms with Crippen LogP contribution in [0.15, 0.2) is 175 Å². The van der Waals surface area contributed by atoms with Crippen LogP contribution in [-0.2, 0) is 0 Å². The minimum absolute atomic E-state index is 0.0760. The van der Waals surface area contributed by atoms with Crippen molar-refractivity contribution in [3.8, 4) is 16.8 Å². The van der Waals surface area contributed by atoms with Crippen LogP contribution in [0.2, 0.25) is 0 Å². The summed E-state index contributed by atoms with van der Waals surface area (Å²) >= 11 is 1.84. The van der Waals surface area contributed by atoms with Crippen molar-refractivity contribution in [1.82, 2.24) is 15.2 Å². The van der Waals surface area contributed by atoms with Gasteiger partial charge in [0, 0.05) is 42.2 Å². The Balaban J connectivity index is 1.09. The summed E-state index contributed by atoms with van der Waals surface area (Å²) < 4.78 is 4.88. The third kappa shape index (κ3) is 4.82.